The summed E-state index contributed by atoms with van der Waals surface area (Å²) in [5.41, 5.74) is 4.86. The molecular formula is C8H16N2O4S. The molecule has 1 aliphatic rings. The predicted molar refractivity (Wildman–Crippen MR) is 54.9 cm³/mol. The van der Waals surface area contributed by atoms with Crippen LogP contribution in [-0.4, -0.2) is 61.6 Å². The lowest BCUT2D eigenvalue weighted by Crippen LogP contribution is -2.52. The van der Waals surface area contributed by atoms with Gasteiger partial charge in [-0.15, -0.1) is 0 Å². The normalized spacial score (nSPS) is 18.7. The Morgan fingerprint density at radius 2 is 2.00 bits per heavy atom. The SMILES string of the molecule is NC(=O)CCS(=O)(=O)CCN1CC(O)C1. The summed E-state index contributed by atoms with van der Waals surface area (Å²) in [7, 11) is -3.19. The molecule has 0 aromatic heterocycles. The Labute approximate surface area is 89.0 Å². The van der Waals surface area contributed by atoms with E-state index in [0.29, 0.717) is 19.6 Å². The van der Waals surface area contributed by atoms with Gasteiger partial charge in [-0.3, -0.25) is 9.69 Å². The van der Waals surface area contributed by atoms with Gasteiger partial charge in [0.2, 0.25) is 5.91 Å². The summed E-state index contributed by atoms with van der Waals surface area (Å²) in [6, 6.07) is 0. The first-order valence-corrected chi connectivity index (χ1v) is 6.60. The van der Waals surface area contributed by atoms with Crippen LogP contribution in [0.25, 0.3) is 0 Å². The van der Waals surface area contributed by atoms with Crippen molar-refractivity contribution in [3.8, 4) is 0 Å². The van der Waals surface area contributed by atoms with Gasteiger partial charge in [0.1, 0.15) is 0 Å². The van der Waals surface area contributed by atoms with Gasteiger partial charge in [-0.2, -0.15) is 0 Å². The Bertz CT molecular complexity index is 322. The fourth-order valence-corrected chi connectivity index (χ4v) is 2.60. The molecule has 0 aliphatic carbocycles. The van der Waals surface area contributed by atoms with E-state index in [9.17, 15) is 13.2 Å². The second kappa shape index (κ2) is 4.91. The average Bonchev–Trinajstić information content (AvgIpc) is 2.08. The summed E-state index contributed by atoms with van der Waals surface area (Å²) < 4.78 is 22.7. The number of hydrogen-bond donors (Lipinski definition) is 2. The number of rotatable bonds is 6. The van der Waals surface area contributed by atoms with E-state index < -0.39 is 15.7 Å². The molecule has 7 heteroatoms. The summed E-state index contributed by atoms with van der Waals surface area (Å²) in [6.45, 7) is 1.48. The van der Waals surface area contributed by atoms with Gasteiger partial charge >= 0.3 is 0 Å². The standard InChI is InChI=1S/C8H16N2O4S/c9-8(12)1-3-15(13,14)4-2-10-5-7(11)6-10/h7,11H,1-6H2,(H2,9,12). The highest BCUT2D eigenvalue weighted by Crippen LogP contribution is 2.07. The van der Waals surface area contributed by atoms with Gasteiger partial charge in [-0.25, -0.2) is 8.42 Å². The van der Waals surface area contributed by atoms with Crippen molar-refractivity contribution in [2.45, 2.75) is 12.5 Å². The van der Waals surface area contributed by atoms with E-state index in [2.05, 4.69) is 0 Å². The van der Waals surface area contributed by atoms with E-state index in [1.54, 1.807) is 0 Å². The summed E-state index contributed by atoms with van der Waals surface area (Å²) in [5, 5.41) is 8.97. The fraction of sp³-hybridized carbons (Fsp3) is 0.875. The molecule has 0 bridgehead atoms. The third-order valence-electron chi connectivity index (χ3n) is 2.32. The number of likely N-dealkylation sites (tertiary alicyclic amines) is 1. The molecule has 1 saturated heterocycles. The van der Waals surface area contributed by atoms with E-state index in [1.165, 1.54) is 0 Å². The summed E-state index contributed by atoms with van der Waals surface area (Å²) in [6.07, 6.45) is -0.441. The van der Waals surface area contributed by atoms with Gasteiger partial charge in [0.15, 0.2) is 9.84 Å². The number of carbonyl (C=O) groups is 1. The maximum Gasteiger partial charge on any atom is 0.218 e. The third-order valence-corrected chi connectivity index (χ3v) is 3.95. The van der Waals surface area contributed by atoms with Crippen molar-refractivity contribution in [2.24, 2.45) is 5.73 Å². The number of nitrogens with two attached hydrogens (primary N) is 1. The molecular weight excluding hydrogens is 220 g/mol. The van der Waals surface area contributed by atoms with Crippen molar-refractivity contribution in [3.05, 3.63) is 0 Å². The van der Waals surface area contributed by atoms with E-state index in [-0.39, 0.29) is 24.0 Å². The third kappa shape index (κ3) is 4.59. The zero-order valence-electron chi connectivity index (χ0n) is 8.42. The van der Waals surface area contributed by atoms with Crippen molar-refractivity contribution in [2.75, 3.05) is 31.1 Å². The van der Waals surface area contributed by atoms with Crippen LogP contribution in [0, 0.1) is 0 Å². The molecule has 1 aliphatic heterocycles. The zero-order valence-corrected chi connectivity index (χ0v) is 9.24. The second-order valence-electron chi connectivity index (χ2n) is 3.78. The number of sulfone groups is 1. The lowest BCUT2D eigenvalue weighted by Gasteiger charge is -2.35. The van der Waals surface area contributed by atoms with E-state index >= 15 is 0 Å². The van der Waals surface area contributed by atoms with Crippen LogP contribution in [0.15, 0.2) is 0 Å². The number of aliphatic hydroxyl groups excluding tert-OH is 1. The molecule has 3 N–H and O–H groups in total. The molecule has 0 spiro atoms. The molecule has 15 heavy (non-hydrogen) atoms. The molecule has 0 saturated carbocycles. The van der Waals surface area contributed by atoms with E-state index in [1.807, 2.05) is 4.90 Å². The molecule has 0 atom stereocenters. The Kier molecular flexibility index (Phi) is 4.06. The maximum absolute atomic E-state index is 11.4. The number of amides is 1. The van der Waals surface area contributed by atoms with E-state index in [0.717, 1.165) is 0 Å². The van der Waals surface area contributed by atoms with Crippen molar-refractivity contribution in [1.82, 2.24) is 4.90 Å². The number of primary amides is 1. The molecule has 88 valence electrons. The second-order valence-corrected chi connectivity index (χ2v) is 6.09. The number of β-amino-alcohol motifs (C(OH)–C–C–N with tert-alkyl or cyclic N) is 1. The summed E-state index contributed by atoms with van der Waals surface area (Å²) >= 11 is 0. The van der Waals surface area contributed by atoms with Crippen LogP contribution in [0.1, 0.15) is 6.42 Å². The number of hydrogen-bond acceptors (Lipinski definition) is 5. The predicted octanol–water partition coefficient (Wildman–Crippen LogP) is -2.05. The number of aliphatic hydroxyl groups is 1. The lowest BCUT2D eigenvalue weighted by atomic mass is 10.2. The number of carbonyl (C=O) groups excluding carboxylic acids is 1. The molecule has 0 unspecified atom stereocenters. The van der Waals surface area contributed by atoms with Crippen LogP contribution in [-0.2, 0) is 14.6 Å². The van der Waals surface area contributed by atoms with Gasteiger partial charge in [0.25, 0.3) is 0 Å². The Morgan fingerprint density at radius 3 is 2.47 bits per heavy atom. The van der Waals surface area contributed by atoms with Crippen LogP contribution in [0.4, 0.5) is 0 Å². The Balaban J connectivity index is 2.21. The average molecular weight is 236 g/mol. The fourth-order valence-electron chi connectivity index (χ4n) is 1.35. The Morgan fingerprint density at radius 1 is 1.40 bits per heavy atom. The largest absolute Gasteiger partial charge is 0.390 e. The monoisotopic (exact) mass is 236 g/mol. The highest BCUT2D eigenvalue weighted by Gasteiger charge is 2.25. The van der Waals surface area contributed by atoms with Crippen molar-refractivity contribution >= 4 is 15.7 Å². The van der Waals surface area contributed by atoms with Gasteiger partial charge in [-0.05, 0) is 0 Å². The molecule has 0 aromatic rings. The van der Waals surface area contributed by atoms with Crippen molar-refractivity contribution in [1.29, 1.82) is 0 Å². The van der Waals surface area contributed by atoms with Crippen LogP contribution in [0.5, 0.6) is 0 Å². The van der Waals surface area contributed by atoms with E-state index in [4.69, 9.17) is 10.8 Å². The topological polar surface area (TPSA) is 101 Å². The number of nitrogens with zero attached hydrogens (tertiary/aromatic N) is 1. The van der Waals surface area contributed by atoms with Crippen LogP contribution >= 0.6 is 0 Å². The maximum atomic E-state index is 11.4. The first-order valence-electron chi connectivity index (χ1n) is 4.78. The minimum absolute atomic E-state index is 0.0208. The van der Waals surface area contributed by atoms with Gasteiger partial charge in [0, 0.05) is 26.1 Å². The zero-order chi connectivity index (χ0) is 11.5. The van der Waals surface area contributed by atoms with Crippen molar-refractivity contribution < 1.29 is 18.3 Å². The minimum atomic E-state index is -3.19. The quantitative estimate of drug-likeness (QED) is 0.553. The van der Waals surface area contributed by atoms with Crippen LogP contribution < -0.4 is 5.73 Å². The molecule has 1 amide bonds. The highest BCUT2D eigenvalue weighted by molar-refractivity contribution is 7.91. The lowest BCUT2D eigenvalue weighted by molar-refractivity contribution is -0.117. The van der Waals surface area contributed by atoms with Crippen LogP contribution in [0.3, 0.4) is 0 Å². The molecule has 0 aromatic carbocycles. The van der Waals surface area contributed by atoms with Gasteiger partial charge < -0.3 is 10.8 Å². The first-order chi connectivity index (χ1) is 6.89. The van der Waals surface area contributed by atoms with Gasteiger partial charge in [0.05, 0.1) is 17.6 Å². The summed E-state index contributed by atoms with van der Waals surface area (Å²) in [5.74, 6) is -0.760. The van der Waals surface area contributed by atoms with Gasteiger partial charge in [-0.1, -0.05) is 0 Å². The highest BCUT2D eigenvalue weighted by atomic mass is 32.2. The summed E-state index contributed by atoms with van der Waals surface area (Å²) in [4.78, 5) is 12.3. The smallest absolute Gasteiger partial charge is 0.218 e. The molecule has 6 nitrogen and oxygen atoms in total. The molecule has 1 rings (SSSR count). The first kappa shape index (κ1) is 12.4. The molecule has 1 heterocycles. The van der Waals surface area contributed by atoms with Crippen LogP contribution in [0.2, 0.25) is 0 Å². The Hall–Kier alpha value is -0.660. The molecule has 1 fully saturated rings. The minimum Gasteiger partial charge on any atom is -0.390 e. The van der Waals surface area contributed by atoms with Crippen molar-refractivity contribution in [3.63, 3.8) is 0 Å². The molecule has 0 radical (unpaired) electrons.